The lowest BCUT2D eigenvalue weighted by Crippen LogP contribution is -2.32. The molecular weight excluding hydrogens is 238 g/mol. The molecule has 0 saturated heterocycles. The van der Waals surface area contributed by atoms with Gasteiger partial charge in [-0.05, 0) is 39.3 Å². The van der Waals surface area contributed by atoms with Crippen molar-refractivity contribution < 1.29 is 8.42 Å². The molecule has 1 aromatic rings. The van der Waals surface area contributed by atoms with Crippen LogP contribution in [0.3, 0.4) is 0 Å². The average molecular weight is 259 g/mol. The summed E-state index contributed by atoms with van der Waals surface area (Å²) in [6, 6.07) is 0. The van der Waals surface area contributed by atoms with Crippen molar-refractivity contribution in [1.29, 1.82) is 0 Å². The molecule has 6 heteroatoms. The lowest BCUT2D eigenvalue weighted by molar-refractivity contribution is 0.548. The van der Waals surface area contributed by atoms with Gasteiger partial charge in [0.15, 0.2) is 9.84 Å². The first-order valence-electron chi connectivity index (χ1n) is 5.70. The Morgan fingerprint density at radius 2 is 2.06 bits per heavy atom. The monoisotopic (exact) mass is 259 g/mol. The van der Waals surface area contributed by atoms with Crippen molar-refractivity contribution in [2.75, 3.05) is 12.3 Å². The molecule has 0 amide bonds. The van der Waals surface area contributed by atoms with Crippen LogP contribution in [0.25, 0.3) is 0 Å². The van der Waals surface area contributed by atoms with Crippen molar-refractivity contribution in [2.24, 2.45) is 5.73 Å². The molecule has 0 fully saturated rings. The van der Waals surface area contributed by atoms with Gasteiger partial charge in [0.25, 0.3) is 0 Å². The second-order valence-electron chi connectivity index (χ2n) is 5.08. The van der Waals surface area contributed by atoms with E-state index in [9.17, 15) is 8.42 Å². The highest BCUT2D eigenvalue weighted by Crippen LogP contribution is 2.16. The number of nitrogens with zero attached hydrogens (tertiary/aromatic N) is 2. The summed E-state index contributed by atoms with van der Waals surface area (Å²) in [6.45, 7) is 6.11. The highest BCUT2D eigenvalue weighted by atomic mass is 32.2. The topological polar surface area (TPSA) is 78.0 Å². The van der Waals surface area contributed by atoms with Gasteiger partial charge in [-0.3, -0.25) is 4.68 Å². The molecular formula is C11H21N3O2S. The van der Waals surface area contributed by atoms with Gasteiger partial charge < -0.3 is 5.73 Å². The SMILES string of the molecule is CC(C)(C)S(=O)(=O)CCn1cc(CCN)cn1. The molecule has 0 bridgehead atoms. The van der Waals surface area contributed by atoms with E-state index in [1.165, 1.54) is 0 Å². The smallest absolute Gasteiger partial charge is 0.157 e. The molecule has 1 aromatic heterocycles. The van der Waals surface area contributed by atoms with Gasteiger partial charge in [0.2, 0.25) is 0 Å². The van der Waals surface area contributed by atoms with E-state index in [1.54, 1.807) is 31.6 Å². The van der Waals surface area contributed by atoms with Crippen LogP contribution in [-0.2, 0) is 22.8 Å². The summed E-state index contributed by atoms with van der Waals surface area (Å²) >= 11 is 0. The maximum atomic E-state index is 11.9. The van der Waals surface area contributed by atoms with Crippen LogP contribution in [0.4, 0.5) is 0 Å². The highest BCUT2D eigenvalue weighted by molar-refractivity contribution is 7.92. The molecule has 0 aromatic carbocycles. The van der Waals surface area contributed by atoms with Crippen molar-refractivity contribution >= 4 is 9.84 Å². The van der Waals surface area contributed by atoms with Crippen LogP contribution >= 0.6 is 0 Å². The quantitative estimate of drug-likeness (QED) is 0.840. The Balaban J connectivity index is 2.62. The van der Waals surface area contributed by atoms with Gasteiger partial charge >= 0.3 is 0 Å². The molecule has 0 radical (unpaired) electrons. The lowest BCUT2D eigenvalue weighted by Gasteiger charge is -2.18. The molecule has 17 heavy (non-hydrogen) atoms. The Kier molecular flexibility index (Phi) is 4.32. The van der Waals surface area contributed by atoms with Crippen LogP contribution in [-0.4, -0.2) is 35.2 Å². The molecule has 0 unspecified atom stereocenters. The number of hydrogen-bond donors (Lipinski definition) is 1. The summed E-state index contributed by atoms with van der Waals surface area (Å²) in [7, 11) is -3.08. The normalized spacial score (nSPS) is 12.9. The minimum Gasteiger partial charge on any atom is -0.330 e. The van der Waals surface area contributed by atoms with Crippen molar-refractivity contribution in [2.45, 2.75) is 38.5 Å². The number of nitrogens with two attached hydrogens (primary N) is 1. The predicted molar refractivity (Wildman–Crippen MR) is 68.5 cm³/mol. The Morgan fingerprint density at radius 1 is 1.41 bits per heavy atom. The lowest BCUT2D eigenvalue weighted by atomic mass is 10.3. The van der Waals surface area contributed by atoms with Crippen molar-refractivity contribution in [3.63, 3.8) is 0 Å². The third-order valence-electron chi connectivity index (χ3n) is 2.64. The average Bonchev–Trinajstić information content (AvgIpc) is 2.62. The maximum absolute atomic E-state index is 11.9. The summed E-state index contributed by atoms with van der Waals surface area (Å²) < 4.78 is 24.7. The largest absolute Gasteiger partial charge is 0.330 e. The number of sulfone groups is 1. The summed E-state index contributed by atoms with van der Waals surface area (Å²) in [5, 5.41) is 4.12. The van der Waals surface area contributed by atoms with Crippen LogP contribution in [0.5, 0.6) is 0 Å². The first-order valence-corrected chi connectivity index (χ1v) is 7.35. The summed E-state index contributed by atoms with van der Waals surface area (Å²) in [6.07, 6.45) is 4.35. The molecule has 0 spiro atoms. The summed E-state index contributed by atoms with van der Waals surface area (Å²) in [5.41, 5.74) is 6.48. The highest BCUT2D eigenvalue weighted by Gasteiger charge is 2.28. The molecule has 0 aliphatic heterocycles. The molecule has 2 N–H and O–H groups in total. The summed E-state index contributed by atoms with van der Waals surface area (Å²) in [4.78, 5) is 0. The molecule has 1 heterocycles. The second-order valence-corrected chi connectivity index (χ2v) is 7.94. The van der Waals surface area contributed by atoms with Crippen molar-refractivity contribution in [3.05, 3.63) is 18.0 Å². The van der Waals surface area contributed by atoms with Crippen LogP contribution in [0, 0.1) is 0 Å². The fraction of sp³-hybridized carbons (Fsp3) is 0.727. The van der Waals surface area contributed by atoms with E-state index in [1.807, 2.05) is 6.20 Å². The Bertz CT molecular complexity index is 457. The Labute approximate surface area is 103 Å². The second kappa shape index (κ2) is 5.18. The van der Waals surface area contributed by atoms with Gasteiger partial charge in [-0.2, -0.15) is 5.10 Å². The third-order valence-corrected chi connectivity index (χ3v) is 5.23. The van der Waals surface area contributed by atoms with E-state index < -0.39 is 14.6 Å². The van der Waals surface area contributed by atoms with Crippen molar-refractivity contribution in [1.82, 2.24) is 9.78 Å². The number of hydrogen-bond acceptors (Lipinski definition) is 4. The molecule has 98 valence electrons. The van der Waals surface area contributed by atoms with Crippen LogP contribution in [0.15, 0.2) is 12.4 Å². The number of rotatable bonds is 5. The van der Waals surface area contributed by atoms with Crippen LogP contribution < -0.4 is 5.73 Å². The zero-order valence-electron chi connectivity index (χ0n) is 10.7. The fourth-order valence-corrected chi connectivity index (χ4v) is 2.38. The third kappa shape index (κ3) is 3.81. The first kappa shape index (κ1) is 14.2. The van der Waals surface area contributed by atoms with Gasteiger partial charge in [-0.1, -0.05) is 0 Å². The molecule has 0 atom stereocenters. The minimum absolute atomic E-state index is 0.111. The molecule has 5 nitrogen and oxygen atoms in total. The van der Waals surface area contributed by atoms with Gasteiger partial charge in [-0.15, -0.1) is 0 Å². The first-order chi connectivity index (χ1) is 7.76. The summed E-state index contributed by atoms with van der Waals surface area (Å²) in [5.74, 6) is 0.111. The number of aryl methyl sites for hydroxylation is 1. The van der Waals surface area contributed by atoms with E-state index in [2.05, 4.69) is 5.10 Å². The fourth-order valence-electron chi connectivity index (χ4n) is 1.34. The Morgan fingerprint density at radius 3 is 2.59 bits per heavy atom. The van der Waals surface area contributed by atoms with E-state index in [-0.39, 0.29) is 5.75 Å². The number of aromatic nitrogens is 2. The Hall–Kier alpha value is -0.880. The minimum atomic E-state index is -3.08. The molecule has 0 aliphatic rings. The van der Waals surface area contributed by atoms with Crippen LogP contribution in [0.1, 0.15) is 26.3 Å². The van der Waals surface area contributed by atoms with Crippen LogP contribution in [0.2, 0.25) is 0 Å². The van der Waals surface area contributed by atoms with E-state index >= 15 is 0 Å². The molecule has 0 aliphatic carbocycles. The van der Waals surface area contributed by atoms with Gasteiger partial charge in [0.1, 0.15) is 0 Å². The van der Waals surface area contributed by atoms with E-state index in [0.29, 0.717) is 13.1 Å². The maximum Gasteiger partial charge on any atom is 0.157 e. The van der Waals surface area contributed by atoms with Gasteiger partial charge in [0.05, 0.1) is 23.2 Å². The van der Waals surface area contributed by atoms with Gasteiger partial charge in [0, 0.05) is 6.20 Å². The van der Waals surface area contributed by atoms with E-state index in [4.69, 9.17) is 5.73 Å². The van der Waals surface area contributed by atoms with Crippen molar-refractivity contribution in [3.8, 4) is 0 Å². The zero-order valence-corrected chi connectivity index (χ0v) is 11.5. The zero-order chi connectivity index (χ0) is 13.1. The molecule has 0 saturated carbocycles. The molecule has 1 rings (SSSR count). The predicted octanol–water partition coefficient (Wildman–Crippen LogP) is 0.598. The van der Waals surface area contributed by atoms with Gasteiger partial charge in [-0.25, -0.2) is 8.42 Å². The standard InChI is InChI=1S/C11H21N3O2S/c1-11(2,3)17(15,16)7-6-14-9-10(4-5-12)8-13-14/h8-9H,4-7,12H2,1-3H3. The van der Waals surface area contributed by atoms with E-state index in [0.717, 1.165) is 12.0 Å².